The van der Waals surface area contributed by atoms with E-state index in [1.807, 2.05) is 0 Å². The highest BCUT2D eigenvalue weighted by Gasteiger charge is 2.16. The molecule has 2 rings (SSSR count). The first-order valence-corrected chi connectivity index (χ1v) is 5.46. The zero-order valence-electron chi connectivity index (χ0n) is 9.00. The lowest BCUT2D eigenvalue weighted by atomic mass is 9.80. The summed E-state index contributed by atoms with van der Waals surface area (Å²) in [5, 5.41) is 18.0. The van der Waals surface area contributed by atoms with Crippen LogP contribution in [0.5, 0.6) is 5.75 Å². The van der Waals surface area contributed by atoms with Crippen LogP contribution in [0.25, 0.3) is 0 Å². The molecule has 0 aliphatic carbocycles. The number of hydrogen-bond acceptors (Lipinski definition) is 4. The summed E-state index contributed by atoms with van der Waals surface area (Å²) < 4.78 is 11.0. The van der Waals surface area contributed by atoms with E-state index in [2.05, 4.69) is 0 Å². The molecule has 0 radical (unpaired) electrons. The molecule has 1 unspecified atom stereocenters. The molecule has 4 nitrogen and oxygen atoms in total. The summed E-state index contributed by atoms with van der Waals surface area (Å²) >= 11 is 0. The molecule has 1 heterocycles. The molecule has 0 aromatic heterocycles. The fraction of sp³-hybridized carbons (Fsp3) is 0.455. The Labute approximate surface area is 95.0 Å². The van der Waals surface area contributed by atoms with E-state index < -0.39 is 7.12 Å². The van der Waals surface area contributed by atoms with Crippen LogP contribution in [0.4, 0.5) is 0 Å². The van der Waals surface area contributed by atoms with Gasteiger partial charge in [0, 0.05) is 6.61 Å². The standard InChI is InChI=1S/C11H15BO4/c13-12(14)9-3-1-4-10(7-9)16-8-11-5-2-6-15-11/h1,3-4,7,11,13-14H,2,5-6,8H2. The second-order valence-corrected chi connectivity index (χ2v) is 3.89. The highest BCUT2D eigenvalue weighted by atomic mass is 16.5. The van der Waals surface area contributed by atoms with Crippen molar-refractivity contribution in [1.82, 2.24) is 0 Å². The smallest absolute Gasteiger partial charge is 0.488 e. The summed E-state index contributed by atoms with van der Waals surface area (Å²) in [7, 11) is -1.45. The Hall–Kier alpha value is -1.04. The first-order chi connectivity index (χ1) is 7.75. The molecule has 1 aliphatic rings. The molecule has 0 amide bonds. The van der Waals surface area contributed by atoms with Crippen molar-refractivity contribution in [2.24, 2.45) is 0 Å². The molecule has 5 heteroatoms. The molecular weight excluding hydrogens is 207 g/mol. The molecule has 1 atom stereocenters. The Morgan fingerprint density at radius 3 is 3.00 bits per heavy atom. The SMILES string of the molecule is OB(O)c1cccc(OCC2CCCO2)c1. The molecular formula is C11H15BO4. The Bertz CT molecular complexity index is 337. The molecule has 2 N–H and O–H groups in total. The van der Waals surface area contributed by atoms with Crippen molar-refractivity contribution in [3.63, 3.8) is 0 Å². The van der Waals surface area contributed by atoms with Gasteiger partial charge in [-0.25, -0.2) is 0 Å². The van der Waals surface area contributed by atoms with Crippen molar-refractivity contribution < 1.29 is 19.5 Å². The van der Waals surface area contributed by atoms with Crippen molar-refractivity contribution in [1.29, 1.82) is 0 Å². The first kappa shape index (κ1) is 11.5. The zero-order chi connectivity index (χ0) is 11.4. The fourth-order valence-electron chi connectivity index (χ4n) is 1.73. The largest absolute Gasteiger partial charge is 0.491 e. The van der Waals surface area contributed by atoms with Crippen LogP contribution in [-0.2, 0) is 4.74 Å². The number of ether oxygens (including phenoxy) is 2. The molecule has 1 aliphatic heterocycles. The molecule has 0 bridgehead atoms. The molecule has 1 fully saturated rings. The Kier molecular flexibility index (Phi) is 3.82. The minimum absolute atomic E-state index is 0.169. The van der Waals surface area contributed by atoms with Gasteiger partial charge in [0.05, 0.1) is 6.10 Å². The summed E-state index contributed by atoms with van der Waals surface area (Å²) in [6.07, 6.45) is 2.29. The van der Waals surface area contributed by atoms with Crippen LogP contribution >= 0.6 is 0 Å². The lowest BCUT2D eigenvalue weighted by molar-refractivity contribution is 0.0680. The van der Waals surface area contributed by atoms with Gasteiger partial charge < -0.3 is 19.5 Å². The highest BCUT2D eigenvalue weighted by molar-refractivity contribution is 6.58. The molecule has 1 saturated heterocycles. The van der Waals surface area contributed by atoms with Crippen LogP contribution < -0.4 is 10.2 Å². The third kappa shape index (κ3) is 2.98. The van der Waals surface area contributed by atoms with E-state index in [0.29, 0.717) is 17.8 Å². The minimum Gasteiger partial charge on any atom is -0.491 e. The topological polar surface area (TPSA) is 58.9 Å². The predicted octanol–water partition coefficient (Wildman–Crippen LogP) is -0.0758. The second-order valence-electron chi connectivity index (χ2n) is 3.89. The maximum Gasteiger partial charge on any atom is 0.488 e. The number of hydrogen-bond donors (Lipinski definition) is 2. The normalized spacial score (nSPS) is 19.8. The average molecular weight is 222 g/mol. The summed E-state index contributed by atoms with van der Waals surface area (Å²) in [6, 6.07) is 6.80. The number of rotatable bonds is 4. The van der Waals surface area contributed by atoms with Gasteiger partial charge in [-0.1, -0.05) is 12.1 Å². The fourth-order valence-corrected chi connectivity index (χ4v) is 1.73. The van der Waals surface area contributed by atoms with Crippen LogP contribution in [-0.4, -0.2) is 36.5 Å². The number of benzene rings is 1. The van der Waals surface area contributed by atoms with Crippen LogP contribution in [0.2, 0.25) is 0 Å². The Morgan fingerprint density at radius 2 is 2.31 bits per heavy atom. The quantitative estimate of drug-likeness (QED) is 0.700. The van der Waals surface area contributed by atoms with Crippen molar-refractivity contribution in [3.05, 3.63) is 24.3 Å². The summed E-state index contributed by atoms with van der Waals surface area (Å²) in [5.41, 5.74) is 0.435. The van der Waals surface area contributed by atoms with Gasteiger partial charge in [0.1, 0.15) is 12.4 Å². The van der Waals surface area contributed by atoms with E-state index in [9.17, 15) is 0 Å². The van der Waals surface area contributed by atoms with Gasteiger partial charge in [0.15, 0.2) is 0 Å². The van der Waals surface area contributed by atoms with Crippen LogP contribution in [0.3, 0.4) is 0 Å². The summed E-state index contributed by atoms with van der Waals surface area (Å²) in [5.74, 6) is 0.640. The zero-order valence-corrected chi connectivity index (χ0v) is 9.00. The van der Waals surface area contributed by atoms with Gasteiger partial charge in [-0.05, 0) is 30.4 Å². The van der Waals surface area contributed by atoms with Crippen molar-refractivity contribution in [3.8, 4) is 5.75 Å². The Balaban J connectivity index is 1.90. The van der Waals surface area contributed by atoms with Gasteiger partial charge in [-0.3, -0.25) is 0 Å². The van der Waals surface area contributed by atoms with E-state index in [1.54, 1.807) is 24.3 Å². The summed E-state index contributed by atoms with van der Waals surface area (Å²) in [6.45, 7) is 1.33. The van der Waals surface area contributed by atoms with Crippen molar-refractivity contribution in [2.45, 2.75) is 18.9 Å². The maximum atomic E-state index is 9.00. The van der Waals surface area contributed by atoms with Gasteiger partial charge >= 0.3 is 7.12 Å². The Morgan fingerprint density at radius 1 is 1.44 bits per heavy atom. The van der Waals surface area contributed by atoms with Crippen molar-refractivity contribution in [2.75, 3.05) is 13.2 Å². The molecule has 1 aromatic rings. The van der Waals surface area contributed by atoms with Gasteiger partial charge in [-0.15, -0.1) is 0 Å². The van der Waals surface area contributed by atoms with E-state index >= 15 is 0 Å². The summed E-state index contributed by atoms with van der Waals surface area (Å²) in [4.78, 5) is 0. The van der Waals surface area contributed by atoms with E-state index in [4.69, 9.17) is 19.5 Å². The third-order valence-corrected chi connectivity index (χ3v) is 2.62. The molecule has 0 spiro atoms. The van der Waals surface area contributed by atoms with Crippen LogP contribution in [0.15, 0.2) is 24.3 Å². The van der Waals surface area contributed by atoms with E-state index in [-0.39, 0.29) is 6.10 Å². The lowest BCUT2D eigenvalue weighted by Crippen LogP contribution is -2.29. The van der Waals surface area contributed by atoms with Crippen molar-refractivity contribution >= 4 is 12.6 Å². The van der Waals surface area contributed by atoms with Gasteiger partial charge in [0.25, 0.3) is 0 Å². The third-order valence-electron chi connectivity index (χ3n) is 2.62. The minimum atomic E-state index is -1.45. The van der Waals surface area contributed by atoms with E-state index in [1.165, 1.54) is 0 Å². The maximum absolute atomic E-state index is 9.00. The second kappa shape index (κ2) is 5.34. The monoisotopic (exact) mass is 222 g/mol. The molecule has 86 valence electrons. The molecule has 0 saturated carbocycles. The highest BCUT2D eigenvalue weighted by Crippen LogP contribution is 2.14. The van der Waals surface area contributed by atoms with Gasteiger partial charge in [-0.2, -0.15) is 0 Å². The van der Waals surface area contributed by atoms with Crippen LogP contribution in [0, 0.1) is 0 Å². The molecule has 1 aromatic carbocycles. The van der Waals surface area contributed by atoms with Gasteiger partial charge in [0.2, 0.25) is 0 Å². The lowest BCUT2D eigenvalue weighted by Gasteiger charge is -2.12. The van der Waals surface area contributed by atoms with E-state index in [0.717, 1.165) is 19.4 Å². The predicted molar refractivity (Wildman–Crippen MR) is 60.7 cm³/mol. The first-order valence-electron chi connectivity index (χ1n) is 5.46. The average Bonchev–Trinajstić information content (AvgIpc) is 2.79. The molecule has 16 heavy (non-hydrogen) atoms. The van der Waals surface area contributed by atoms with Crippen LogP contribution in [0.1, 0.15) is 12.8 Å².